The molecule has 7 heteroatoms. The van der Waals surface area contributed by atoms with Gasteiger partial charge >= 0.3 is 0 Å². The van der Waals surface area contributed by atoms with Crippen molar-refractivity contribution >= 4 is 17.7 Å². The molecule has 0 unspecified atom stereocenters. The van der Waals surface area contributed by atoms with Crippen LogP contribution in [0.1, 0.15) is 64.7 Å². The smallest absolute Gasteiger partial charge is 0.233 e. The highest BCUT2D eigenvalue weighted by atomic mass is 32.2. The molecule has 0 saturated heterocycles. The largest absolute Gasteiger partial charge is 0.467 e. The normalized spacial score (nSPS) is 15.8. The molecule has 2 aromatic heterocycles. The van der Waals surface area contributed by atoms with Crippen molar-refractivity contribution in [1.82, 2.24) is 20.1 Å². The van der Waals surface area contributed by atoms with Gasteiger partial charge in [0, 0.05) is 11.6 Å². The summed E-state index contributed by atoms with van der Waals surface area (Å²) in [5.41, 5.74) is 2.35. The van der Waals surface area contributed by atoms with Gasteiger partial charge in [-0.05, 0) is 42.9 Å². The highest BCUT2D eigenvalue weighted by molar-refractivity contribution is 8.00. The number of thioether (sulfide) groups is 1. The first-order valence-corrected chi connectivity index (χ1v) is 12.2. The van der Waals surface area contributed by atoms with E-state index in [9.17, 15) is 4.79 Å². The molecule has 0 spiro atoms. The summed E-state index contributed by atoms with van der Waals surface area (Å²) in [5.74, 6) is 1.65. The second kappa shape index (κ2) is 9.53. The number of rotatable bonds is 7. The molecule has 1 aromatic carbocycles. The average molecular weight is 453 g/mol. The fourth-order valence-corrected chi connectivity index (χ4v) is 4.87. The Labute approximate surface area is 194 Å². The molecule has 6 nitrogen and oxygen atoms in total. The Hall–Kier alpha value is -2.54. The van der Waals surface area contributed by atoms with E-state index in [4.69, 9.17) is 4.42 Å². The number of hydrogen-bond acceptors (Lipinski definition) is 5. The zero-order valence-corrected chi connectivity index (χ0v) is 20.1. The number of nitrogens with one attached hydrogen (secondary N) is 1. The topological polar surface area (TPSA) is 73.0 Å². The molecule has 1 fully saturated rings. The third-order valence-electron chi connectivity index (χ3n) is 5.97. The average Bonchev–Trinajstić information content (AvgIpc) is 3.52. The Morgan fingerprint density at radius 2 is 1.91 bits per heavy atom. The summed E-state index contributed by atoms with van der Waals surface area (Å²) in [5, 5.41) is 12.6. The number of aromatic nitrogens is 3. The van der Waals surface area contributed by atoms with Crippen LogP contribution in [0.15, 0.2) is 52.2 Å². The van der Waals surface area contributed by atoms with Crippen LogP contribution in [0, 0.1) is 0 Å². The van der Waals surface area contributed by atoms with Crippen LogP contribution in [0.2, 0.25) is 0 Å². The quantitative estimate of drug-likeness (QED) is 0.484. The van der Waals surface area contributed by atoms with E-state index in [-0.39, 0.29) is 16.6 Å². The summed E-state index contributed by atoms with van der Waals surface area (Å²) in [6, 6.07) is 12.6. The highest BCUT2D eigenvalue weighted by Gasteiger charge is 2.25. The lowest BCUT2D eigenvalue weighted by atomic mass is 9.87. The van der Waals surface area contributed by atoms with E-state index in [1.54, 1.807) is 6.26 Å². The predicted octanol–water partition coefficient (Wildman–Crippen LogP) is 5.42. The summed E-state index contributed by atoms with van der Waals surface area (Å²) in [4.78, 5) is 12.7. The number of benzene rings is 1. The van der Waals surface area contributed by atoms with E-state index in [1.807, 2.05) is 23.6 Å². The summed E-state index contributed by atoms with van der Waals surface area (Å²) < 4.78 is 7.63. The predicted molar refractivity (Wildman–Crippen MR) is 128 cm³/mol. The van der Waals surface area contributed by atoms with Crippen molar-refractivity contribution in [2.24, 2.45) is 0 Å². The van der Waals surface area contributed by atoms with E-state index in [1.165, 1.54) is 30.2 Å². The fraction of sp³-hybridized carbons (Fsp3) is 0.480. The van der Waals surface area contributed by atoms with Gasteiger partial charge in [-0.25, -0.2) is 0 Å². The minimum Gasteiger partial charge on any atom is -0.467 e. The number of amides is 1. The van der Waals surface area contributed by atoms with Crippen molar-refractivity contribution in [3.63, 3.8) is 0 Å². The third-order valence-corrected chi connectivity index (χ3v) is 7.05. The number of furan rings is 1. The lowest BCUT2D eigenvalue weighted by Gasteiger charge is -2.19. The first kappa shape index (κ1) is 22.6. The van der Waals surface area contributed by atoms with Gasteiger partial charge in [0.15, 0.2) is 11.0 Å². The maximum atomic E-state index is 12.7. The lowest BCUT2D eigenvalue weighted by molar-refractivity contribution is -0.120. The summed E-state index contributed by atoms with van der Waals surface area (Å²) in [6.07, 6.45) is 6.21. The molecule has 4 rings (SSSR count). The van der Waals surface area contributed by atoms with Gasteiger partial charge in [-0.2, -0.15) is 0 Å². The van der Waals surface area contributed by atoms with Crippen LogP contribution in [0.5, 0.6) is 0 Å². The van der Waals surface area contributed by atoms with Crippen molar-refractivity contribution in [2.75, 3.05) is 0 Å². The van der Waals surface area contributed by atoms with E-state index < -0.39 is 0 Å². The van der Waals surface area contributed by atoms with Gasteiger partial charge in [-0.1, -0.05) is 69.6 Å². The highest BCUT2D eigenvalue weighted by Crippen LogP contribution is 2.30. The molecular weight excluding hydrogens is 420 g/mol. The Bertz CT molecular complexity index is 1030. The fourth-order valence-electron chi connectivity index (χ4n) is 4.01. The minimum atomic E-state index is -0.258. The maximum absolute atomic E-state index is 12.7. The molecule has 1 atom stereocenters. The van der Waals surface area contributed by atoms with Gasteiger partial charge in [0.2, 0.25) is 5.91 Å². The zero-order valence-electron chi connectivity index (χ0n) is 19.3. The molecular formula is C25H32N4O2S. The second-order valence-corrected chi connectivity index (χ2v) is 10.9. The van der Waals surface area contributed by atoms with Crippen LogP contribution >= 0.6 is 11.8 Å². The van der Waals surface area contributed by atoms with Crippen molar-refractivity contribution in [3.8, 4) is 11.4 Å². The molecule has 1 aliphatic carbocycles. The molecule has 2 heterocycles. The Morgan fingerprint density at radius 3 is 2.53 bits per heavy atom. The van der Waals surface area contributed by atoms with Gasteiger partial charge in [-0.3, -0.25) is 9.36 Å². The molecule has 170 valence electrons. The Kier molecular flexibility index (Phi) is 6.74. The maximum Gasteiger partial charge on any atom is 0.233 e. The van der Waals surface area contributed by atoms with Crippen molar-refractivity contribution < 1.29 is 9.21 Å². The molecule has 0 bridgehead atoms. The number of hydrogen-bond donors (Lipinski definition) is 1. The lowest BCUT2D eigenvalue weighted by Crippen LogP contribution is -2.37. The third kappa shape index (κ3) is 5.26. The van der Waals surface area contributed by atoms with Crippen molar-refractivity contribution in [3.05, 3.63) is 54.0 Å². The molecule has 0 radical (unpaired) electrons. The number of nitrogens with zero attached hydrogens (tertiary/aromatic N) is 3. The van der Waals surface area contributed by atoms with Gasteiger partial charge in [0.25, 0.3) is 0 Å². The van der Waals surface area contributed by atoms with Crippen LogP contribution in [0.25, 0.3) is 11.4 Å². The van der Waals surface area contributed by atoms with E-state index in [0.29, 0.717) is 17.7 Å². The molecule has 1 aliphatic rings. The SMILES string of the molecule is C[C@H](Sc1nnc(-c2ccc(C(C)(C)C)cc2)n1Cc1ccco1)C(=O)NC1CCCC1. The van der Waals surface area contributed by atoms with Crippen LogP contribution in [0.4, 0.5) is 0 Å². The Morgan fingerprint density at radius 1 is 1.19 bits per heavy atom. The summed E-state index contributed by atoms with van der Waals surface area (Å²) in [7, 11) is 0. The number of carbonyl (C=O) groups excluding carboxylic acids is 1. The van der Waals surface area contributed by atoms with Gasteiger partial charge < -0.3 is 9.73 Å². The standard InChI is InChI=1S/C25H32N4O2S/c1-17(23(30)26-20-8-5-6-9-20)32-24-28-27-22(29(24)16-21-10-7-15-31-21)18-11-13-19(14-12-18)25(2,3)4/h7,10-15,17,20H,5-6,8-9,16H2,1-4H3,(H,26,30)/t17-/m0/s1. The summed E-state index contributed by atoms with van der Waals surface area (Å²) >= 11 is 1.44. The molecule has 1 N–H and O–H groups in total. The Balaban J connectivity index is 1.58. The molecule has 1 amide bonds. The van der Waals surface area contributed by atoms with E-state index >= 15 is 0 Å². The zero-order chi connectivity index (χ0) is 22.7. The van der Waals surface area contributed by atoms with Crippen molar-refractivity contribution in [2.45, 2.75) is 81.8 Å². The van der Waals surface area contributed by atoms with Gasteiger partial charge in [0.1, 0.15) is 5.76 Å². The van der Waals surface area contributed by atoms with Crippen LogP contribution < -0.4 is 5.32 Å². The molecule has 3 aromatic rings. The van der Waals surface area contributed by atoms with Gasteiger partial charge in [0.05, 0.1) is 18.1 Å². The van der Waals surface area contributed by atoms with Crippen LogP contribution in [-0.2, 0) is 16.8 Å². The van der Waals surface area contributed by atoms with Crippen LogP contribution in [-0.4, -0.2) is 32.0 Å². The van der Waals surface area contributed by atoms with E-state index in [0.717, 1.165) is 30.0 Å². The van der Waals surface area contributed by atoms with Crippen LogP contribution in [0.3, 0.4) is 0 Å². The molecule has 32 heavy (non-hydrogen) atoms. The second-order valence-electron chi connectivity index (χ2n) is 9.55. The summed E-state index contributed by atoms with van der Waals surface area (Å²) in [6.45, 7) is 9.05. The monoisotopic (exact) mass is 452 g/mol. The van der Waals surface area contributed by atoms with E-state index in [2.05, 4.69) is 60.6 Å². The van der Waals surface area contributed by atoms with Crippen molar-refractivity contribution in [1.29, 1.82) is 0 Å². The minimum absolute atomic E-state index is 0.0607. The van der Waals surface area contributed by atoms with Gasteiger partial charge in [-0.15, -0.1) is 10.2 Å². The first-order chi connectivity index (χ1) is 15.3. The first-order valence-electron chi connectivity index (χ1n) is 11.3. The molecule has 1 saturated carbocycles. The molecule has 0 aliphatic heterocycles. The number of carbonyl (C=O) groups is 1.